The van der Waals surface area contributed by atoms with Gasteiger partial charge in [-0.25, -0.2) is 8.42 Å². The molecule has 0 saturated carbocycles. The Labute approximate surface area is 138 Å². The van der Waals surface area contributed by atoms with Gasteiger partial charge in [-0.2, -0.15) is 4.31 Å². The summed E-state index contributed by atoms with van der Waals surface area (Å²) < 4.78 is 31.7. The summed E-state index contributed by atoms with van der Waals surface area (Å²) >= 11 is 0. The summed E-state index contributed by atoms with van der Waals surface area (Å²) in [7, 11) is -2.23. The predicted octanol–water partition coefficient (Wildman–Crippen LogP) is 1.25. The lowest BCUT2D eigenvalue weighted by Crippen LogP contribution is -2.51. The molecular formula is C16H24N2O4S. The first kappa shape index (κ1) is 17.9. The van der Waals surface area contributed by atoms with Crippen LogP contribution in [0.5, 0.6) is 0 Å². The topological polar surface area (TPSA) is 66.9 Å². The molecule has 0 aromatic heterocycles. The Hall–Kier alpha value is -1.44. The van der Waals surface area contributed by atoms with E-state index in [0.717, 1.165) is 9.87 Å². The molecule has 0 bridgehead atoms. The van der Waals surface area contributed by atoms with Crippen LogP contribution in [0.2, 0.25) is 0 Å². The molecule has 1 aliphatic heterocycles. The predicted molar refractivity (Wildman–Crippen MR) is 87.6 cm³/mol. The fraction of sp³-hybridized carbons (Fsp3) is 0.562. The summed E-state index contributed by atoms with van der Waals surface area (Å²) in [5.74, 6) is -0.204. The van der Waals surface area contributed by atoms with Crippen LogP contribution in [0.1, 0.15) is 19.4 Å². The highest BCUT2D eigenvalue weighted by Gasteiger charge is 2.29. The Balaban J connectivity index is 2.06. The van der Waals surface area contributed by atoms with Gasteiger partial charge < -0.3 is 9.64 Å². The van der Waals surface area contributed by atoms with Crippen molar-refractivity contribution < 1.29 is 17.9 Å². The Morgan fingerprint density at radius 2 is 1.74 bits per heavy atom. The van der Waals surface area contributed by atoms with Gasteiger partial charge in [0.1, 0.15) is 0 Å². The van der Waals surface area contributed by atoms with Crippen LogP contribution < -0.4 is 0 Å². The summed E-state index contributed by atoms with van der Waals surface area (Å²) in [6.45, 7) is 6.51. The van der Waals surface area contributed by atoms with Crippen molar-refractivity contribution in [2.75, 3.05) is 26.7 Å². The van der Waals surface area contributed by atoms with E-state index in [2.05, 4.69) is 0 Å². The van der Waals surface area contributed by atoms with Crippen molar-refractivity contribution in [3.8, 4) is 0 Å². The van der Waals surface area contributed by atoms with Gasteiger partial charge in [0.25, 0.3) is 0 Å². The SMILES string of the molecule is Cc1ccc(S(=O)(=O)N(C)CC(=O)N2C[C@@H](C)O[C@@H](C)C2)cc1. The van der Waals surface area contributed by atoms with Crippen LogP contribution in [0.4, 0.5) is 0 Å². The second-order valence-corrected chi connectivity index (χ2v) is 8.18. The molecule has 23 heavy (non-hydrogen) atoms. The highest BCUT2D eigenvalue weighted by atomic mass is 32.2. The van der Waals surface area contributed by atoms with E-state index < -0.39 is 10.0 Å². The molecule has 1 saturated heterocycles. The van der Waals surface area contributed by atoms with Gasteiger partial charge in [-0.05, 0) is 32.9 Å². The third-order valence-electron chi connectivity index (χ3n) is 3.86. The van der Waals surface area contributed by atoms with E-state index in [-0.39, 0.29) is 29.6 Å². The molecule has 0 N–H and O–H groups in total. The Morgan fingerprint density at radius 1 is 1.22 bits per heavy atom. The van der Waals surface area contributed by atoms with Crippen molar-refractivity contribution >= 4 is 15.9 Å². The summed E-state index contributed by atoms with van der Waals surface area (Å²) in [6.07, 6.45) is -0.0802. The zero-order valence-corrected chi connectivity index (χ0v) is 14.8. The zero-order valence-electron chi connectivity index (χ0n) is 14.0. The van der Waals surface area contributed by atoms with Crippen LogP contribution in [-0.4, -0.2) is 62.4 Å². The highest BCUT2D eigenvalue weighted by Crippen LogP contribution is 2.16. The molecule has 0 aliphatic carbocycles. The van der Waals surface area contributed by atoms with E-state index in [4.69, 9.17) is 4.74 Å². The quantitative estimate of drug-likeness (QED) is 0.827. The summed E-state index contributed by atoms with van der Waals surface area (Å²) in [5, 5.41) is 0. The average Bonchev–Trinajstić information content (AvgIpc) is 2.46. The number of carbonyl (C=O) groups excluding carboxylic acids is 1. The van der Waals surface area contributed by atoms with Gasteiger partial charge in [0, 0.05) is 20.1 Å². The number of morpholine rings is 1. The molecular weight excluding hydrogens is 316 g/mol. The molecule has 1 amide bonds. The number of aryl methyl sites for hydroxylation is 1. The van der Waals surface area contributed by atoms with E-state index in [9.17, 15) is 13.2 Å². The maximum absolute atomic E-state index is 12.5. The molecule has 0 unspecified atom stereocenters. The smallest absolute Gasteiger partial charge is 0.243 e. The van der Waals surface area contributed by atoms with E-state index in [1.165, 1.54) is 7.05 Å². The lowest BCUT2D eigenvalue weighted by atomic mass is 10.2. The molecule has 128 valence electrons. The molecule has 2 atom stereocenters. The number of hydrogen-bond donors (Lipinski definition) is 0. The van der Waals surface area contributed by atoms with Crippen LogP contribution in [0.15, 0.2) is 29.2 Å². The van der Waals surface area contributed by atoms with Crippen molar-refractivity contribution in [1.82, 2.24) is 9.21 Å². The fourth-order valence-electron chi connectivity index (χ4n) is 2.65. The Bertz CT molecular complexity index is 647. The largest absolute Gasteiger partial charge is 0.372 e. The number of amides is 1. The van der Waals surface area contributed by atoms with Crippen molar-refractivity contribution in [3.63, 3.8) is 0 Å². The van der Waals surface area contributed by atoms with Gasteiger partial charge in [-0.1, -0.05) is 17.7 Å². The van der Waals surface area contributed by atoms with Crippen molar-refractivity contribution in [2.45, 2.75) is 37.9 Å². The van der Waals surface area contributed by atoms with Crippen LogP contribution in [0.25, 0.3) is 0 Å². The number of nitrogens with zero attached hydrogens (tertiary/aromatic N) is 2. The van der Waals surface area contributed by atoms with Crippen LogP contribution in [-0.2, 0) is 19.6 Å². The number of hydrogen-bond acceptors (Lipinski definition) is 4. The third-order valence-corrected chi connectivity index (χ3v) is 5.68. The first-order valence-corrected chi connectivity index (χ1v) is 9.10. The van der Waals surface area contributed by atoms with Crippen molar-refractivity contribution in [3.05, 3.63) is 29.8 Å². The van der Waals surface area contributed by atoms with Crippen LogP contribution in [0.3, 0.4) is 0 Å². The first-order valence-electron chi connectivity index (χ1n) is 7.66. The Kier molecular flexibility index (Phi) is 5.44. The van der Waals surface area contributed by atoms with Crippen molar-refractivity contribution in [1.29, 1.82) is 0 Å². The first-order chi connectivity index (χ1) is 10.7. The molecule has 1 fully saturated rings. The van der Waals surface area contributed by atoms with Gasteiger partial charge in [0.2, 0.25) is 15.9 Å². The molecule has 2 rings (SSSR count). The Morgan fingerprint density at radius 3 is 2.26 bits per heavy atom. The van der Waals surface area contributed by atoms with Gasteiger partial charge >= 0.3 is 0 Å². The summed E-state index contributed by atoms with van der Waals surface area (Å²) in [6, 6.07) is 6.61. The standard InChI is InChI=1S/C16H24N2O4S/c1-12-5-7-15(8-6-12)23(20,21)17(4)11-16(19)18-9-13(2)22-14(3)10-18/h5-8,13-14H,9-11H2,1-4H3/t13-,14+. The third kappa shape index (κ3) is 4.31. The van der Waals surface area contributed by atoms with Crippen LogP contribution >= 0.6 is 0 Å². The fourth-order valence-corrected chi connectivity index (χ4v) is 3.77. The molecule has 1 heterocycles. The lowest BCUT2D eigenvalue weighted by Gasteiger charge is -2.36. The average molecular weight is 340 g/mol. The highest BCUT2D eigenvalue weighted by molar-refractivity contribution is 7.89. The molecule has 1 aromatic carbocycles. The number of carbonyl (C=O) groups is 1. The van der Waals surface area contributed by atoms with E-state index in [0.29, 0.717) is 13.1 Å². The molecule has 1 aliphatic rings. The second kappa shape index (κ2) is 6.98. The number of benzene rings is 1. The number of ether oxygens (including phenoxy) is 1. The maximum atomic E-state index is 12.5. The maximum Gasteiger partial charge on any atom is 0.243 e. The molecule has 7 heteroatoms. The van der Waals surface area contributed by atoms with E-state index >= 15 is 0 Å². The summed E-state index contributed by atoms with van der Waals surface area (Å²) in [4.78, 5) is 14.3. The van der Waals surface area contributed by atoms with E-state index in [1.54, 1.807) is 29.2 Å². The molecule has 6 nitrogen and oxygen atoms in total. The van der Waals surface area contributed by atoms with E-state index in [1.807, 2.05) is 20.8 Å². The monoisotopic (exact) mass is 340 g/mol. The summed E-state index contributed by atoms with van der Waals surface area (Å²) in [5.41, 5.74) is 0.985. The minimum absolute atomic E-state index is 0.0401. The number of sulfonamides is 1. The van der Waals surface area contributed by atoms with Gasteiger partial charge in [0.05, 0.1) is 23.6 Å². The number of likely N-dealkylation sites (N-methyl/N-ethyl adjacent to an activating group) is 1. The minimum atomic E-state index is -3.66. The van der Waals surface area contributed by atoms with Gasteiger partial charge in [0.15, 0.2) is 0 Å². The zero-order chi connectivity index (χ0) is 17.2. The second-order valence-electron chi connectivity index (χ2n) is 6.13. The molecule has 0 radical (unpaired) electrons. The van der Waals surface area contributed by atoms with Crippen molar-refractivity contribution in [2.24, 2.45) is 0 Å². The van der Waals surface area contributed by atoms with Gasteiger partial charge in [-0.15, -0.1) is 0 Å². The minimum Gasteiger partial charge on any atom is -0.372 e. The lowest BCUT2D eigenvalue weighted by molar-refractivity contribution is -0.143. The molecule has 1 aromatic rings. The normalized spacial score (nSPS) is 22.4. The molecule has 0 spiro atoms. The van der Waals surface area contributed by atoms with Gasteiger partial charge in [-0.3, -0.25) is 4.79 Å². The number of rotatable bonds is 4. The van der Waals surface area contributed by atoms with Crippen LogP contribution in [0, 0.1) is 6.92 Å².